The molecule has 1 atom stereocenters. The van der Waals surface area contributed by atoms with Crippen LogP contribution in [-0.2, 0) is 11.3 Å². The third-order valence-electron chi connectivity index (χ3n) is 2.09. The predicted molar refractivity (Wildman–Crippen MR) is 55.8 cm³/mol. The van der Waals surface area contributed by atoms with Gasteiger partial charge >= 0.3 is 12.0 Å². The zero-order valence-electron chi connectivity index (χ0n) is 9.07. The SMILES string of the molecule is Cc1[nH]ncc1CNC(=O)N[C@@H](C)C(=O)O. The Hall–Kier alpha value is -2.05. The number of urea groups is 1. The van der Waals surface area contributed by atoms with E-state index in [4.69, 9.17) is 5.11 Å². The predicted octanol–water partition coefficient (Wildman–Crippen LogP) is -0.00958. The Morgan fingerprint density at radius 3 is 2.81 bits per heavy atom. The number of carbonyl (C=O) groups excluding carboxylic acids is 1. The lowest BCUT2D eigenvalue weighted by Crippen LogP contribution is -2.44. The van der Waals surface area contributed by atoms with Gasteiger partial charge in [-0.3, -0.25) is 9.89 Å². The van der Waals surface area contributed by atoms with Gasteiger partial charge in [-0.15, -0.1) is 0 Å². The maximum atomic E-state index is 11.2. The summed E-state index contributed by atoms with van der Waals surface area (Å²) in [6.07, 6.45) is 1.61. The molecule has 88 valence electrons. The Morgan fingerprint density at radius 1 is 1.62 bits per heavy atom. The van der Waals surface area contributed by atoms with E-state index in [0.717, 1.165) is 11.3 Å². The molecule has 16 heavy (non-hydrogen) atoms. The molecule has 0 aliphatic rings. The van der Waals surface area contributed by atoms with E-state index >= 15 is 0 Å². The second-order valence-corrected chi connectivity index (χ2v) is 3.41. The molecule has 0 aliphatic carbocycles. The normalized spacial score (nSPS) is 11.9. The number of H-pyrrole nitrogens is 1. The summed E-state index contributed by atoms with van der Waals surface area (Å²) < 4.78 is 0. The molecule has 0 bridgehead atoms. The van der Waals surface area contributed by atoms with Crippen molar-refractivity contribution in [3.8, 4) is 0 Å². The molecule has 0 aromatic carbocycles. The summed E-state index contributed by atoms with van der Waals surface area (Å²) in [4.78, 5) is 21.7. The van der Waals surface area contributed by atoms with Crippen LogP contribution in [0.15, 0.2) is 6.20 Å². The number of aromatic amines is 1. The summed E-state index contributed by atoms with van der Waals surface area (Å²) in [7, 11) is 0. The van der Waals surface area contributed by atoms with Crippen molar-refractivity contribution in [1.82, 2.24) is 20.8 Å². The number of amides is 2. The Balaban J connectivity index is 2.36. The van der Waals surface area contributed by atoms with Gasteiger partial charge in [0.25, 0.3) is 0 Å². The number of aromatic nitrogens is 2. The highest BCUT2D eigenvalue weighted by Crippen LogP contribution is 2.00. The molecule has 1 rings (SSSR count). The van der Waals surface area contributed by atoms with Crippen molar-refractivity contribution in [2.45, 2.75) is 26.4 Å². The van der Waals surface area contributed by atoms with Gasteiger partial charge in [0, 0.05) is 17.8 Å². The first kappa shape index (κ1) is 12.0. The molecule has 0 unspecified atom stereocenters. The van der Waals surface area contributed by atoms with E-state index in [1.54, 1.807) is 6.20 Å². The Labute approximate surface area is 92.2 Å². The van der Waals surface area contributed by atoms with Gasteiger partial charge in [0.15, 0.2) is 0 Å². The Kier molecular flexibility index (Phi) is 3.87. The van der Waals surface area contributed by atoms with E-state index in [0.29, 0.717) is 6.54 Å². The number of aliphatic carboxylic acids is 1. The molecule has 0 radical (unpaired) electrons. The highest BCUT2D eigenvalue weighted by atomic mass is 16.4. The summed E-state index contributed by atoms with van der Waals surface area (Å²) in [6, 6.07) is -1.43. The van der Waals surface area contributed by atoms with Crippen molar-refractivity contribution < 1.29 is 14.7 Å². The molecule has 7 nitrogen and oxygen atoms in total. The monoisotopic (exact) mass is 226 g/mol. The van der Waals surface area contributed by atoms with Crippen molar-refractivity contribution >= 4 is 12.0 Å². The van der Waals surface area contributed by atoms with Gasteiger partial charge in [-0.2, -0.15) is 5.10 Å². The molecule has 4 N–H and O–H groups in total. The number of carboxylic acids is 1. The highest BCUT2D eigenvalue weighted by molar-refractivity contribution is 5.82. The van der Waals surface area contributed by atoms with Gasteiger partial charge < -0.3 is 15.7 Å². The molecule has 0 fully saturated rings. The first-order chi connectivity index (χ1) is 7.50. The van der Waals surface area contributed by atoms with Crippen LogP contribution >= 0.6 is 0 Å². The van der Waals surface area contributed by atoms with Crippen LogP contribution in [0.2, 0.25) is 0 Å². The zero-order chi connectivity index (χ0) is 12.1. The van der Waals surface area contributed by atoms with Crippen molar-refractivity contribution in [3.05, 3.63) is 17.5 Å². The third kappa shape index (κ3) is 3.26. The maximum absolute atomic E-state index is 11.2. The number of aryl methyl sites for hydroxylation is 1. The van der Waals surface area contributed by atoms with E-state index < -0.39 is 18.0 Å². The second kappa shape index (κ2) is 5.15. The van der Waals surface area contributed by atoms with E-state index in [1.807, 2.05) is 6.92 Å². The summed E-state index contributed by atoms with van der Waals surface area (Å²) >= 11 is 0. The molecule has 2 amide bonds. The lowest BCUT2D eigenvalue weighted by Gasteiger charge is -2.10. The van der Waals surface area contributed by atoms with Crippen LogP contribution < -0.4 is 10.6 Å². The summed E-state index contributed by atoms with van der Waals surface area (Å²) in [5, 5.41) is 19.9. The maximum Gasteiger partial charge on any atom is 0.325 e. The number of nitrogens with one attached hydrogen (secondary N) is 3. The van der Waals surface area contributed by atoms with E-state index in [9.17, 15) is 9.59 Å². The first-order valence-electron chi connectivity index (χ1n) is 4.76. The highest BCUT2D eigenvalue weighted by Gasteiger charge is 2.13. The number of hydrogen-bond donors (Lipinski definition) is 4. The van der Waals surface area contributed by atoms with Gasteiger partial charge in [-0.1, -0.05) is 0 Å². The molecule has 1 aromatic rings. The number of hydrogen-bond acceptors (Lipinski definition) is 3. The second-order valence-electron chi connectivity index (χ2n) is 3.41. The van der Waals surface area contributed by atoms with Crippen molar-refractivity contribution in [1.29, 1.82) is 0 Å². The van der Waals surface area contributed by atoms with Gasteiger partial charge in [-0.25, -0.2) is 4.79 Å². The largest absolute Gasteiger partial charge is 0.480 e. The lowest BCUT2D eigenvalue weighted by atomic mass is 10.3. The topological polar surface area (TPSA) is 107 Å². The van der Waals surface area contributed by atoms with Crippen LogP contribution in [0.5, 0.6) is 0 Å². The number of carboxylic acid groups (broad SMARTS) is 1. The van der Waals surface area contributed by atoms with E-state index in [-0.39, 0.29) is 0 Å². The van der Waals surface area contributed by atoms with Gasteiger partial charge in [0.2, 0.25) is 0 Å². The minimum absolute atomic E-state index is 0.306. The molecule has 0 aliphatic heterocycles. The zero-order valence-corrected chi connectivity index (χ0v) is 9.07. The van der Waals surface area contributed by atoms with Gasteiger partial charge in [0.1, 0.15) is 6.04 Å². The Bertz CT molecular complexity index is 388. The fourth-order valence-electron chi connectivity index (χ4n) is 1.04. The van der Waals surface area contributed by atoms with Gasteiger partial charge in [0.05, 0.1) is 6.20 Å². The van der Waals surface area contributed by atoms with Crippen LogP contribution in [0.4, 0.5) is 4.79 Å². The van der Waals surface area contributed by atoms with E-state index in [2.05, 4.69) is 20.8 Å². The number of nitrogens with zero attached hydrogens (tertiary/aromatic N) is 1. The fourth-order valence-corrected chi connectivity index (χ4v) is 1.04. The lowest BCUT2D eigenvalue weighted by molar-refractivity contribution is -0.138. The van der Waals surface area contributed by atoms with Crippen LogP contribution in [0.3, 0.4) is 0 Å². The molecule has 0 spiro atoms. The standard InChI is InChI=1S/C9H14N4O3/c1-5-7(4-11-13-5)3-10-9(16)12-6(2)8(14)15/h4,6H,3H2,1-2H3,(H,11,13)(H,14,15)(H2,10,12,16)/t6-/m0/s1. The summed E-state index contributed by atoms with van der Waals surface area (Å²) in [5.74, 6) is -1.07. The minimum Gasteiger partial charge on any atom is -0.480 e. The average molecular weight is 226 g/mol. The van der Waals surface area contributed by atoms with Crippen LogP contribution in [0.1, 0.15) is 18.2 Å². The fraction of sp³-hybridized carbons (Fsp3) is 0.444. The molecule has 7 heteroatoms. The van der Waals surface area contributed by atoms with Crippen LogP contribution in [0, 0.1) is 6.92 Å². The average Bonchev–Trinajstić information content (AvgIpc) is 2.61. The molecule has 0 saturated carbocycles. The van der Waals surface area contributed by atoms with E-state index in [1.165, 1.54) is 6.92 Å². The quantitative estimate of drug-likeness (QED) is 0.579. The molecule has 1 heterocycles. The van der Waals surface area contributed by atoms with Crippen molar-refractivity contribution in [2.75, 3.05) is 0 Å². The molecule has 1 aromatic heterocycles. The smallest absolute Gasteiger partial charge is 0.325 e. The third-order valence-corrected chi connectivity index (χ3v) is 2.09. The molecular weight excluding hydrogens is 212 g/mol. The van der Waals surface area contributed by atoms with Crippen molar-refractivity contribution in [3.63, 3.8) is 0 Å². The molecule has 0 saturated heterocycles. The first-order valence-corrected chi connectivity index (χ1v) is 4.76. The molecular formula is C9H14N4O3. The minimum atomic E-state index is -1.07. The van der Waals surface area contributed by atoms with Crippen molar-refractivity contribution in [2.24, 2.45) is 0 Å². The van der Waals surface area contributed by atoms with Crippen LogP contribution in [-0.4, -0.2) is 33.3 Å². The number of rotatable bonds is 4. The Morgan fingerprint density at radius 2 is 2.31 bits per heavy atom. The van der Waals surface area contributed by atoms with Gasteiger partial charge in [-0.05, 0) is 13.8 Å². The number of carbonyl (C=O) groups is 2. The van der Waals surface area contributed by atoms with Crippen LogP contribution in [0.25, 0.3) is 0 Å². The summed E-state index contributed by atoms with van der Waals surface area (Å²) in [5.41, 5.74) is 1.73. The summed E-state index contributed by atoms with van der Waals surface area (Å²) in [6.45, 7) is 3.54.